The number of aromatic nitrogens is 1. The van der Waals surface area contributed by atoms with Crippen molar-refractivity contribution in [3.63, 3.8) is 0 Å². The fourth-order valence-corrected chi connectivity index (χ4v) is 3.19. The SMILES string of the molecule is OCc1c2c(nc3cc(Cl)cc(Cl)c13)CCC2. The first kappa shape index (κ1) is 11.3. The van der Waals surface area contributed by atoms with Crippen molar-refractivity contribution in [1.29, 1.82) is 0 Å². The van der Waals surface area contributed by atoms with Gasteiger partial charge in [0.25, 0.3) is 0 Å². The van der Waals surface area contributed by atoms with Gasteiger partial charge in [0.15, 0.2) is 0 Å². The van der Waals surface area contributed by atoms with Gasteiger partial charge in [-0.05, 0) is 42.5 Å². The summed E-state index contributed by atoms with van der Waals surface area (Å²) in [4.78, 5) is 4.61. The van der Waals surface area contributed by atoms with E-state index in [0.717, 1.165) is 41.4 Å². The molecule has 1 N–H and O–H groups in total. The molecule has 0 fully saturated rings. The van der Waals surface area contributed by atoms with E-state index in [2.05, 4.69) is 4.98 Å². The molecule has 0 atom stereocenters. The van der Waals surface area contributed by atoms with Gasteiger partial charge in [0.1, 0.15) is 0 Å². The zero-order valence-corrected chi connectivity index (χ0v) is 10.6. The average Bonchev–Trinajstić information content (AvgIpc) is 2.73. The summed E-state index contributed by atoms with van der Waals surface area (Å²) in [5.41, 5.74) is 3.96. The van der Waals surface area contributed by atoms with Gasteiger partial charge in [-0.2, -0.15) is 0 Å². The summed E-state index contributed by atoms with van der Waals surface area (Å²) in [7, 11) is 0. The van der Waals surface area contributed by atoms with Crippen LogP contribution in [0.4, 0.5) is 0 Å². The van der Waals surface area contributed by atoms with Crippen molar-refractivity contribution in [2.45, 2.75) is 25.9 Å². The minimum atomic E-state index is 0.00268. The first-order valence-corrected chi connectivity index (χ1v) is 6.36. The Kier molecular flexibility index (Phi) is 2.74. The van der Waals surface area contributed by atoms with E-state index in [1.807, 2.05) is 0 Å². The molecule has 0 spiro atoms. The Labute approximate surface area is 109 Å². The molecule has 1 aliphatic carbocycles. The van der Waals surface area contributed by atoms with Gasteiger partial charge in [-0.25, -0.2) is 0 Å². The van der Waals surface area contributed by atoms with Crippen LogP contribution in [-0.4, -0.2) is 10.1 Å². The molecular formula is C13H11Cl2NO. The highest BCUT2D eigenvalue weighted by molar-refractivity contribution is 6.38. The number of pyridine rings is 1. The van der Waals surface area contributed by atoms with Crippen LogP contribution in [0.3, 0.4) is 0 Å². The van der Waals surface area contributed by atoms with Crippen LogP contribution >= 0.6 is 23.2 Å². The van der Waals surface area contributed by atoms with Crippen molar-refractivity contribution in [2.75, 3.05) is 0 Å². The lowest BCUT2D eigenvalue weighted by molar-refractivity contribution is 0.282. The number of hydrogen-bond acceptors (Lipinski definition) is 2. The fraction of sp³-hybridized carbons (Fsp3) is 0.308. The minimum absolute atomic E-state index is 0.00268. The van der Waals surface area contributed by atoms with Crippen molar-refractivity contribution < 1.29 is 5.11 Å². The van der Waals surface area contributed by atoms with Crippen LogP contribution in [0.15, 0.2) is 12.1 Å². The number of fused-ring (bicyclic) bond motifs is 2. The standard InChI is InChI=1S/C13H11Cl2NO/c14-7-4-10(15)13-9(6-17)8-2-1-3-11(8)16-12(13)5-7/h4-5,17H,1-3,6H2. The topological polar surface area (TPSA) is 33.1 Å². The zero-order valence-electron chi connectivity index (χ0n) is 9.13. The van der Waals surface area contributed by atoms with Crippen molar-refractivity contribution in [1.82, 2.24) is 4.98 Å². The number of aryl methyl sites for hydroxylation is 1. The lowest BCUT2D eigenvalue weighted by atomic mass is 10.0. The minimum Gasteiger partial charge on any atom is -0.392 e. The second-order valence-corrected chi connectivity index (χ2v) is 5.15. The molecule has 0 unspecified atom stereocenters. The highest BCUT2D eigenvalue weighted by Crippen LogP contribution is 2.35. The first-order chi connectivity index (χ1) is 8.20. The van der Waals surface area contributed by atoms with E-state index in [1.165, 1.54) is 5.56 Å². The maximum atomic E-state index is 9.57. The van der Waals surface area contributed by atoms with Crippen LogP contribution in [0, 0.1) is 0 Å². The van der Waals surface area contributed by atoms with E-state index in [-0.39, 0.29) is 6.61 Å². The molecule has 3 rings (SSSR count). The first-order valence-electron chi connectivity index (χ1n) is 5.61. The predicted octanol–water partition coefficient (Wildman–Crippen LogP) is 3.52. The number of halogens is 2. The van der Waals surface area contributed by atoms with Gasteiger partial charge in [-0.1, -0.05) is 23.2 Å². The molecule has 1 heterocycles. The number of nitrogens with zero attached hydrogens (tertiary/aromatic N) is 1. The molecule has 0 radical (unpaired) electrons. The third-order valence-corrected chi connectivity index (χ3v) is 3.82. The Morgan fingerprint density at radius 2 is 2.06 bits per heavy atom. The van der Waals surface area contributed by atoms with E-state index >= 15 is 0 Å². The summed E-state index contributed by atoms with van der Waals surface area (Å²) in [6.07, 6.45) is 3.05. The number of benzene rings is 1. The van der Waals surface area contributed by atoms with Crippen molar-refractivity contribution >= 4 is 34.1 Å². The number of hydrogen-bond donors (Lipinski definition) is 1. The molecule has 0 saturated heterocycles. The Morgan fingerprint density at radius 3 is 2.82 bits per heavy atom. The molecule has 17 heavy (non-hydrogen) atoms. The summed E-state index contributed by atoms with van der Waals surface area (Å²) in [6.45, 7) is 0.00268. The smallest absolute Gasteiger partial charge is 0.0738 e. The van der Waals surface area contributed by atoms with Gasteiger partial charge in [-0.15, -0.1) is 0 Å². The molecular weight excluding hydrogens is 257 g/mol. The van der Waals surface area contributed by atoms with Crippen molar-refractivity contribution in [2.24, 2.45) is 0 Å². The largest absolute Gasteiger partial charge is 0.392 e. The second-order valence-electron chi connectivity index (χ2n) is 4.31. The van der Waals surface area contributed by atoms with Crippen LogP contribution in [0.2, 0.25) is 10.0 Å². The van der Waals surface area contributed by atoms with Crippen LogP contribution in [-0.2, 0) is 19.4 Å². The van der Waals surface area contributed by atoms with Gasteiger partial charge < -0.3 is 5.11 Å². The van der Waals surface area contributed by atoms with Gasteiger partial charge in [-0.3, -0.25) is 4.98 Å². The number of aliphatic hydroxyl groups excluding tert-OH is 1. The van der Waals surface area contributed by atoms with E-state index < -0.39 is 0 Å². The van der Waals surface area contributed by atoms with Gasteiger partial charge in [0.05, 0.1) is 17.1 Å². The molecule has 1 aliphatic rings. The Balaban J connectivity index is 2.45. The number of rotatable bonds is 1. The van der Waals surface area contributed by atoms with Gasteiger partial charge in [0, 0.05) is 16.1 Å². The van der Waals surface area contributed by atoms with E-state index in [4.69, 9.17) is 23.2 Å². The molecule has 1 aromatic heterocycles. The summed E-state index contributed by atoms with van der Waals surface area (Å²) in [6, 6.07) is 3.51. The van der Waals surface area contributed by atoms with Crippen molar-refractivity contribution in [3.05, 3.63) is 39.0 Å². The molecule has 1 aromatic carbocycles. The van der Waals surface area contributed by atoms with E-state index in [0.29, 0.717) is 10.0 Å². The summed E-state index contributed by atoms with van der Waals surface area (Å²) in [5, 5.41) is 11.6. The van der Waals surface area contributed by atoms with E-state index in [1.54, 1.807) is 12.1 Å². The molecule has 2 nitrogen and oxygen atoms in total. The van der Waals surface area contributed by atoms with Crippen LogP contribution < -0.4 is 0 Å². The lowest BCUT2D eigenvalue weighted by Crippen LogP contribution is -1.99. The molecule has 0 aliphatic heterocycles. The molecule has 2 aromatic rings. The third-order valence-electron chi connectivity index (χ3n) is 3.30. The quantitative estimate of drug-likeness (QED) is 0.858. The predicted molar refractivity (Wildman–Crippen MR) is 69.7 cm³/mol. The molecule has 0 amide bonds. The van der Waals surface area contributed by atoms with E-state index in [9.17, 15) is 5.11 Å². The van der Waals surface area contributed by atoms with Crippen LogP contribution in [0.1, 0.15) is 23.2 Å². The van der Waals surface area contributed by atoms with Crippen molar-refractivity contribution in [3.8, 4) is 0 Å². The Morgan fingerprint density at radius 1 is 1.24 bits per heavy atom. The fourth-order valence-electron chi connectivity index (χ4n) is 2.59. The zero-order chi connectivity index (χ0) is 12.0. The summed E-state index contributed by atoms with van der Waals surface area (Å²) < 4.78 is 0. The maximum absolute atomic E-state index is 9.57. The molecule has 0 saturated carbocycles. The second kappa shape index (κ2) is 4.13. The van der Waals surface area contributed by atoms with Crippen LogP contribution in [0.25, 0.3) is 10.9 Å². The summed E-state index contributed by atoms with van der Waals surface area (Å²) >= 11 is 12.2. The lowest BCUT2D eigenvalue weighted by Gasteiger charge is -2.11. The highest BCUT2D eigenvalue weighted by Gasteiger charge is 2.20. The van der Waals surface area contributed by atoms with Crippen LogP contribution in [0.5, 0.6) is 0 Å². The summed E-state index contributed by atoms with van der Waals surface area (Å²) in [5.74, 6) is 0. The average molecular weight is 268 g/mol. The maximum Gasteiger partial charge on any atom is 0.0738 e. The molecule has 88 valence electrons. The monoisotopic (exact) mass is 267 g/mol. The number of aliphatic hydroxyl groups is 1. The Hall–Kier alpha value is -0.830. The normalized spacial score (nSPS) is 14.3. The highest BCUT2D eigenvalue weighted by atomic mass is 35.5. The third kappa shape index (κ3) is 1.71. The van der Waals surface area contributed by atoms with Gasteiger partial charge >= 0.3 is 0 Å². The molecule has 0 bridgehead atoms. The molecule has 4 heteroatoms. The Bertz CT molecular complexity index is 610. The van der Waals surface area contributed by atoms with Gasteiger partial charge in [0.2, 0.25) is 0 Å².